The molecule has 1 aromatic carbocycles. The first-order valence-corrected chi connectivity index (χ1v) is 7.00. The number of hydrogen-bond acceptors (Lipinski definition) is 2. The predicted molar refractivity (Wildman–Crippen MR) is 70.6 cm³/mol. The van der Waals surface area contributed by atoms with Crippen molar-refractivity contribution in [3.05, 3.63) is 30.3 Å². The van der Waals surface area contributed by atoms with Gasteiger partial charge in [0.2, 0.25) is 0 Å². The fourth-order valence-electron chi connectivity index (χ4n) is 3.63. The van der Waals surface area contributed by atoms with E-state index in [1.54, 1.807) is 0 Å². The molecule has 18 heavy (non-hydrogen) atoms. The van der Waals surface area contributed by atoms with Crippen LogP contribution < -0.4 is 4.74 Å². The molecule has 2 aliphatic rings. The summed E-state index contributed by atoms with van der Waals surface area (Å²) in [7, 11) is 0. The van der Waals surface area contributed by atoms with Gasteiger partial charge in [-0.15, -0.1) is 0 Å². The van der Waals surface area contributed by atoms with E-state index in [1.165, 1.54) is 12.8 Å². The van der Waals surface area contributed by atoms with Crippen molar-refractivity contribution in [1.82, 2.24) is 0 Å². The number of carbonyl (C=O) groups is 1. The van der Waals surface area contributed by atoms with Gasteiger partial charge in [-0.25, -0.2) is 0 Å². The van der Waals surface area contributed by atoms with E-state index < -0.39 is 0 Å². The molecule has 0 saturated heterocycles. The summed E-state index contributed by atoms with van der Waals surface area (Å²) in [4.78, 5) is 12.3. The Bertz CT molecular complexity index is 416. The van der Waals surface area contributed by atoms with Crippen LogP contribution in [0.15, 0.2) is 30.3 Å². The van der Waals surface area contributed by atoms with Crippen LogP contribution in [0.5, 0.6) is 5.75 Å². The molecule has 2 aliphatic carbocycles. The first-order valence-electron chi connectivity index (χ1n) is 7.00. The second-order valence-corrected chi connectivity index (χ2v) is 5.76. The minimum Gasteiger partial charge on any atom is -0.493 e. The van der Waals surface area contributed by atoms with Gasteiger partial charge in [-0.2, -0.15) is 0 Å². The first kappa shape index (κ1) is 11.8. The molecule has 0 radical (unpaired) electrons. The van der Waals surface area contributed by atoms with Gasteiger partial charge >= 0.3 is 0 Å². The van der Waals surface area contributed by atoms with Crippen LogP contribution >= 0.6 is 0 Å². The van der Waals surface area contributed by atoms with Crippen LogP contribution in [0.1, 0.15) is 38.5 Å². The summed E-state index contributed by atoms with van der Waals surface area (Å²) < 4.78 is 5.62. The molecule has 96 valence electrons. The molecule has 0 unspecified atom stereocenters. The molecule has 0 heterocycles. The maximum absolute atomic E-state index is 12.3. The highest BCUT2D eigenvalue weighted by Gasteiger charge is 2.49. The van der Waals surface area contributed by atoms with Gasteiger partial charge < -0.3 is 4.74 Å². The smallest absolute Gasteiger partial charge is 0.142 e. The fraction of sp³-hybridized carbons (Fsp3) is 0.562. The topological polar surface area (TPSA) is 26.3 Å². The zero-order chi connectivity index (χ0) is 12.4. The minimum absolute atomic E-state index is 0.0463. The monoisotopic (exact) mass is 244 g/mol. The quantitative estimate of drug-likeness (QED) is 0.791. The number of fused-ring (bicyclic) bond motifs is 2. The van der Waals surface area contributed by atoms with Crippen molar-refractivity contribution in [1.29, 1.82) is 0 Å². The molecule has 0 aliphatic heterocycles. The Hall–Kier alpha value is -1.31. The molecule has 3 rings (SSSR count). The molecular formula is C16H20O2. The third-order valence-corrected chi connectivity index (χ3v) is 4.67. The third-order valence-electron chi connectivity index (χ3n) is 4.67. The maximum atomic E-state index is 12.3. The number of para-hydroxylation sites is 1. The Labute approximate surface area is 108 Å². The molecule has 2 nitrogen and oxygen atoms in total. The average molecular weight is 244 g/mol. The molecule has 2 heteroatoms. The second-order valence-electron chi connectivity index (χ2n) is 5.76. The lowest BCUT2D eigenvalue weighted by Gasteiger charge is -2.24. The first-order chi connectivity index (χ1) is 8.78. The van der Waals surface area contributed by atoms with Gasteiger partial charge in [0.25, 0.3) is 0 Å². The van der Waals surface area contributed by atoms with E-state index >= 15 is 0 Å². The Balaban J connectivity index is 1.50. The van der Waals surface area contributed by atoms with Crippen molar-refractivity contribution < 1.29 is 9.53 Å². The van der Waals surface area contributed by atoms with Crippen molar-refractivity contribution in [2.24, 2.45) is 11.3 Å². The van der Waals surface area contributed by atoms with E-state index in [0.717, 1.165) is 30.9 Å². The van der Waals surface area contributed by atoms with E-state index in [9.17, 15) is 4.79 Å². The highest BCUT2D eigenvalue weighted by atomic mass is 16.5. The standard InChI is InChI=1S/C16H20O2/c17-15(16-9-6-13(12-16)7-10-16)8-11-18-14-4-2-1-3-5-14/h1-5,13H,6-12H2. The molecule has 1 aromatic rings. The van der Waals surface area contributed by atoms with Gasteiger partial charge in [0.15, 0.2) is 0 Å². The third kappa shape index (κ3) is 2.16. The zero-order valence-corrected chi connectivity index (χ0v) is 10.7. The number of benzene rings is 1. The summed E-state index contributed by atoms with van der Waals surface area (Å²) >= 11 is 0. The summed E-state index contributed by atoms with van der Waals surface area (Å²) in [5.74, 6) is 2.14. The summed E-state index contributed by atoms with van der Waals surface area (Å²) in [5, 5.41) is 0. The molecule has 2 bridgehead atoms. The van der Waals surface area contributed by atoms with Crippen molar-refractivity contribution in [2.45, 2.75) is 38.5 Å². The fourth-order valence-corrected chi connectivity index (χ4v) is 3.63. The van der Waals surface area contributed by atoms with Crippen LogP contribution in [0.4, 0.5) is 0 Å². The van der Waals surface area contributed by atoms with Gasteiger partial charge in [0, 0.05) is 11.8 Å². The van der Waals surface area contributed by atoms with Gasteiger partial charge in [-0.05, 0) is 50.2 Å². The summed E-state index contributed by atoms with van der Waals surface area (Å²) in [6.07, 6.45) is 6.51. The molecule has 0 amide bonds. The van der Waals surface area contributed by atoms with Crippen molar-refractivity contribution in [3.63, 3.8) is 0 Å². The van der Waals surface area contributed by atoms with Gasteiger partial charge in [-0.1, -0.05) is 18.2 Å². The lowest BCUT2D eigenvalue weighted by molar-refractivity contribution is -0.128. The number of carbonyl (C=O) groups excluding carboxylic acids is 1. The van der Waals surface area contributed by atoms with Gasteiger partial charge in [0.05, 0.1) is 6.61 Å². The Morgan fingerprint density at radius 3 is 2.56 bits per heavy atom. The summed E-state index contributed by atoms with van der Waals surface area (Å²) in [6.45, 7) is 0.523. The molecule has 0 N–H and O–H groups in total. The predicted octanol–water partition coefficient (Wildman–Crippen LogP) is 3.60. The minimum atomic E-state index is 0.0463. The summed E-state index contributed by atoms with van der Waals surface area (Å²) in [6, 6.07) is 9.74. The number of hydrogen-bond donors (Lipinski definition) is 0. The van der Waals surface area contributed by atoms with Crippen molar-refractivity contribution >= 4 is 5.78 Å². The summed E-state index contributed by atoms with van der Waals surface area (Å²) in [5.41, 5.74) is 0.0463. The van der Waals surface area contributed by atoms with E-state index in [1.807, 2.05) is 30.3 Å². The van der Waals surface area contributed by atoms with Crippen LogP contribution in [-0.2, 0) is 4.79 Å². The van der Waals surface area contributed by atoms with Crippen LogP contribution in [0.25, 0.3) is 0 Å². The molecule has 2 saturated carbocycles. The highest BCUT2D eigenvalue weighted by molar-refractivity contribution is 5.85. The Morgan fingerprint density at radius 1 is 1.22 bits per heavy atom. The van der Waals surface area contributed by atoms with E-state index in [2.05, 4.69) is 0 Å². The lowest BCUT2D eigenvalue weighted by Crippen LogP contribution is -2.27. The van der Waals surface area contributed by atoms with Crippen LogP contribution in [0, 0.1) is 11.3 Å². The number of ether oxygens (including phenoxy) is 1. The Kier molecular flexibility index (Phi) is 3.11. The van der Waals surface area contributed by atoms with Crippen molar-refractivity contribution in [3.8, 4) is 5.75 Å². The SMILES string of the molecule is O=C(CCOc1ccccc1)C12CCC(CC1)C2. The average Bonchev–Trinajstić information content (AvgIpc) is 3.01. The van der Waals surface area contributed by atoms with Crippen LogP contribution in [-0.4, -0.2) is 12.4 Å². The number of Topliss-reactive ketones (excluding diaryl/α,β-unsaturated/α-hetero) is 1. The maximum Gasteiger partial charge on any atom is 0.142 e. The molecular weight excluding hydrogens is 224 g/mol. The largest absolute Gasteiger partial charge is 0.493 e. The highest BCUT2D eigenvalue weighted by Crippen LogP contribution is 2.54. The van der Waals surface area contributed by atoms with E-state index in [-0.39, 0.29) is 5.41 Å². The van der Waals surface area contributed by atoms with Crippen molar-refractivity contribution in [2.75, 3.05) is 6.61 Å². The lowest BCUT2D eigenvalue weighted by atomic mass is 9.79. The normalized spacial score (nSPS) is 29.4. The molecule has 2 fully saturated rings. The molecule has 0 spiro atoms. The van der Waals surface area contributed by atoms with Gasteiger partial charge in [-0.3, -0.25) is 4.79 Å². The second kappa shape index (κ2) is 4.75. The van der Waals surface area contributed by atoms with E-state index in [0.29, 0.717) is 18.8 Å². The van der Waals surface area contributed by atoms with Crippen LogP contribution in [0.3, 0.4) is 0 Å². The van der Waals surface area contributed by atoms with Gasteiger partial charge in [0.1, 0.15) is 11.5 Å². The molecule has 0 aromatic heterocycles. The Morgan fingerprint density at radius 2 is 1.94 bits per heavy atom. The zero-order valence-electron chi connectivity index (χ0n) is 10.7. The van der Waals surface area contributed by atoms with E-state index in [4.69, 9.17) is 4.74 Å². The van der Waals surface area contributed by atoms with Crippen LogP contribution in [0.2, 0.25) is 0 Å². The number of ketones is 1. The number of rotatable bonds is 5. The molecule has 0 atom stereocenters.